The summed E-state index contributed by atoms with van der Waals surface area (Å²) in [6.45, 7) is 0. The molecule has 0 bridgehead atoms. The van der Waals surface area contributed by atoms with Gasteiger partial charge in [0.1, 0.15) is 0 Å². The third kappa shape index (κ3) is 7.38. The fourth-order valence-corrected chi connectivity index (χ4v) is 19.5. The van der Waals surface area contributed by atoms with Crippen LogP contribution >= 0.6 is 21.4 Å². The van der Waals surface area contributed by atoms with Crippen LogP contribution in [0.1, 0.15) is 17.5 Å². The molecule has 72 heavy (non-hydrogen) atoms. The van der Waals surface area contributed by atoms with E-state index in [9.17, 15) is 0 Å². The van der Waals surface area contributed by atoms with E-state index in [0.717, 1.165) is 72.3 Å². The summed E-state index contributed by atoms with van der Waals surface area (Å²) in [5.41, 5.74) is 2.24. The van der Waals surface area contributed by atoms with Crippen LogP contribution in [0.5, 0.6) is 0 Å². The molecule has 12 aromatic carbocycles. The van der Waals surface area contributed by atoms with Crippen molar-refractivity contribution in [3.05, 3.63) is 266 Å². The van der Waals surface area contributed by atoms with E-state index < -0.39 is 21.4 Å². The Labute approximate surface area is 419 Å². The fraction of sp³-hybridized carbons (Fsp3) is 0.0303. The fourth-order valence-electron chi connectivity index (χ4n) is 10.9. The van der Waals surface area contributed by atoms with Gasteiger partial charge in [0.2, 0.25) is 0 Å². The summed E-state index contributed by atoms with van der Waals surface area (Å²) < 4.78 is 52.6. The maximum absolute atomic E-state index is 17.5. The molecular weight excluding hydrogens is 934 g/mol. The minimum Gasteiger partial charge on any atom is -0.309 e. The van der Waals surface area contributed by atoms with E-state index >= 15 is 13.7 Å². The van der Waals surface area contributed by atoms with Crippen LogP contribution < -0.4 is 47.7 Å². The number of hydrogen-bond acceptors (Lipinski definition) is 3. The molecule has 0 N–H and O–H groups in total. The topological polar surface area (TPSA) is 51.2 Å². The van der Waals surface area contributed by atoms with E-state index in [1.165, 1.54) is 5.56 Å². The van der Waals surface area contributed by atoms with Crippen LogP contribution in [0.15, 0.2) is 255 Å². The van der Waals surface area contributed by atoms with Gasteiger partial charge in [-0.05, 0) is 132 Å². The largest absolute Gasteiger partial charge is 0.309 e. The van der Waals surface area contributed by atoms with Crippen molar-refractivity contribution in [3.8, 4) is 0 Å². The first-order valence-electron chi connectivity index (χ1n) is 24.5. The summed E-state index contributed by atoms with van der Waals surface area (Å²) >= 11 is 0. The molecule has 1 atom stereocenters. The predicted octanol–water partition coefficient (Wildman–Crippen LogP) is 13.3. The molecule has 1 aliphatic carbocycles. The van der Waals surface area contributed by atoms with E-state index in [4.69, 9.17) is 0 Å². The van der Waals surface area contributed by atoms with E-state index in [1.54, 1.807) is 0 Å². The van der Waals surface area contributed by atoms with Crippen molar-refractivity contribution in [2.45, 2.75) is 12.8 Å². The lowest BCUT2D eigenvalue weighted by atomic mass is 9.98. The van der Waals surface area contributed by atoms with Gasteiger partial charge in [0, 0.05) is 47.7 Å². The average Bonchev–Trinajstić information content (AvgIpc) is 3.45. The second-order valence-corrected chi connectivity index (χ2v) is 27.3. The summed E-state index contributed by atoms with van der Waals surface area (Å²) in [7, 11) is -11.8. The van der Waals surface area contributed by atoms with E-state index in [0.29, 0.717) is 47.7 Å². The van der Waals surface area contributed by atoms with Gasteiger partial charge in [-0.1, -0.05) is 206 Å². The standard InChI is InChI=1S/C66H47O3P3/c67-70(58-31-25-46-13-1-7-19-52(46)37-58,59-32-26-47-14-2-8-20-53(47)38-59)64-43-65(71(68,60-33-27-48-15-3-9-21-54(48)39-60)61-34-28-49-16-4-10-22-55(49)40-61)45-66(44-64)72(69,62-35-29-50-17-5-11-23-56(50)41-62)63-36-30-51-18-6-12-24-57(51)42-63/h1-5,7-17,19-45H,6,18H2. The Morgan fingerprint density at radius 2 is 0.514 bits per heavy atom. The van der Waals surface area contributed by atoms with Crippen molar-refractivity contribution in [1.29, 1.82) is 0 Å². The van der Waals surface area contributed by atoms with Crippen LogP contribution in [0.25, 0.3) is 59.9 Å². The van der Waals surface area contributed by atoms with Gasteiger partial charge in [-0.2, -0.15) is 0 Å². The Hall–Kier alpha value is -7.63. The van der Waals surface area contributed by atoms with Crippen molar-refractivity contribution in [2.75, 3.05) is 0 Å². The minimum absolute atomic E-state index is 0.459. The number of fused-ring (bicyclic) bond motifs is 6. The summed E-state index contributed by atoms with van der Waals surface area (Å²) in [5, 5.41) is 15.1. The second-order valence-electron chi connectivity index (χ2n) is 19.0. The third-order valence-corrected chi connectivity index (χ3v) is 23.8. The average molecular weight is 981 g/mol. The molecule has 1 unspecified atom stereocenters. The molecule has 6 heteroatoms. The highest BCUT2D eigenvalue weighted by Gasteiger charge is 2.40. The van der Waals surface area contributed by atoms with Gasteiger partial charge in [-0.15, -0.1) is 0 Å². The number of allylic oxidation sites excluding steroid dienone is 1. The third-order valence-electron chi connectivity index (χ3n) is 14.8. The molecule has 0 aliphatic heterocycles. The van der Waals surface area contributed by atoms with Crippen molar-refractivity contribution in [1.82, 2.24) is 0 Å². The zero-order valence-electron chi connectivity index (χ0n) is 39.3. The van der Waals surface area contributed by atoms with Gasteiger partial charge in [-0.25, -0.2) is 0 Å². The summed E-state index contributed by atoms with van der Waals surface area (Å²) in [5.74, 6) is 0. The zero-order chi connectivity index (χ0) is 48.4. The van der Waals surface area contributed by atoms with Gasteiger partial charge in [0.05, 0.1) is 0 Å². The minimum atomic E-state index is -3.93. The van der Waals surface area contributed by atoms with Crippen molar-refractivity contribution >= 4 is 129 Å². The lowest BCUT2D eigenvalue weighted by molar-refractivity contribution is 0.592. The van der Waals surface area contributed by atoms with Crippen LogP contribution in [0.3, 0.4) is 0 Å². The molecule has 12 aromatic rings. The van der Waals surface area contributed by atoms with Crippen molar-refractivity contribution in [2.24, 2.45) is 0 Å². The molecule has 1 aliphatic rings. The van der Waals surface area contributed by atoms with Gasteiger partial charge >= 0.3 is 0 Å². The molecule has 0 fully saturated rings. The molecule has 0 saturated carbocycles. The van der Waals surface area contributed by atoms with Crippen LogP contribution in [0.4, 0.5) is 0 Å². The molecule has 0 radical (unpaired) electrons. The second kappa shape index (κ2) is 17.6. The molecule has 13 rings (SSSR count). The summed E-state index contributed by atoms with van der Waals surface area (Å²) in [4.78, 5) is 0. The normalized spacial score (nSPS) is 13.7. The maximum Gasteiger partial charge on any atom is 0.171 e. The van der Waals surface area contributed by atoms with Crippen LogP contribution in [-0.4, -0.2) is 0 Å². The van der Waals surface area contributed by atoms with Gasteiger partial charge in [0.25, 0.3) is 0 Å². The Morgan fingerprint density at radius 1 is 0.250 bits per heavy atom. The van der Waals surface area contributed by atoms with Gasteiger partial charge in [0.15, 0.2) is 21.4 Å². The number of aryl methyl sites for hydroxylation is 1. The SMILES string of the molecule is O=P(c1cc(P(=O)(c2ccc3ccccc3c2)c2ccc3ccccc3c2)cc(P(=O)(c2ccc3ccccc3c2)c2ccc3ccccc3c2)c1)(c1ccc2c(c1)C=CCC2)c1ccc2ccccc2c1. The van der Waals surface area contributed by atoms with Crippen molar-refractivity contribution in [3.63, 3.8) is 0 Å². The number of hydrogen-bond donors (Lipinski definition) is 0. The summed E-state index contributed by atoms with van der Waals surface area (Å²) in [6.07, 6.45) is 6.15. The van der Waals surface area contributed by atoms with E-state index in [1.807, 2.05) is 170 Å². The van der Waals surface area contributed by atoms with Gasteiger partial charge in [-0.3, -0.25) is 0 Å². The van der Waals surface area contributed by atoms with Crippen LogP contribution in [0.2, 0.25) is 0 Å². The van der Waals surface area contributed by atoms with Crippen LogP contribution in [-0.2, 0) is 20.1 Å². The molecule has 0 spiro atoms. The number of benzene rings is 12. The Morgan fingerprint density at radius 3 is 0.819 bits per heavy atom. The first-order valence-corrected chi connectivity index (χ1v) is 29.6. The lowest BCUT2D eigenvalue weighted by Crippen LogP contribution is -2.36. The Kier molecular flexibility index (Phi) is 10.8. The lowest BCUT2D eigenvalue weighted by Gasteiger charge is -2.28. The Bertz CT molecular complexity index is 4000. The smallest absolute Gasteiger partial charge is 0.171 e. The molecular formula is C66H47O3P3. The zero-order valence-corrected chi connectivity index (χ0v) is 42.0. The maximum atomic E-state index is 17.5. The number of rotatable bonds is 9. The highest BCUT2D eigenvalue weighted by Crippen LogP contribution is 2.50. The molecule has 344 valence electrons. The summed E-state index contributed by atoms with van der Waals surface area (Å²) in [6, 6.07) is 83.1. The van der Waals surface area contributed by atoms with Crippen LogP contribution in [0, 0.1) is 0 Å². The molecule has 0 amide bonds. The van der Waals surface area contributed by atoms with Crippen molar-refractivity contribution < 1.29 is 13.7 Å². The first kappa shape index (κ1) is 44.3. The monoisotopic (exact) mass is 980 g/mol. The highest BCUT2D eigenvalue weighted by atomic mass is 31.2. The quantitative estimate of drug-likeness (QED) is 0.135. The Balaban J connectivity index is 1.18. The molecule has 0 heterocycles. The predicted molar refractivity (Wildman–Crippen MR) is 310 cm³/mol. The van der Waals surface area contributed by atoms with E-state index in [-0.39, 0.29) is 0 Å². The molecule has 0 saturated heterocycles. The molecule has 3 nitrogen and oxygen atoms in total. The highest BCUT2D eigenvalue weighted by molar-refractivity contribution is 7.88. The van der Waals surface area contributed by atoms with E-state index in [2.05, 4.69) is 91.0 Å². The van der Waals surface area contributed by atoms with Gasteiger partial charge < -0.3 is 13.7 Å². The first-order chi connectivity index (χ1) is 35.2. The molecule has 0 aromatic heterocycles.